The Morgan fingerprint density at radius 2 is 1.69 bits per heavy atom. The number of benzene rings is 1. The van der Waals surface area contributed by atoms with Crippen molar-refractivity contribution in [3.05, 3.63) is 29.8 Å². The minimum Gasteiger partial charge on any atom is -0.406 e. The lowest BCUT2D eigenvalue weighted by atomic mass is 9.80. The van der Waals surface area contributed by atoms with Crippen molar-refractivity contribution in [2.75, 3.05) is 26.2 Å². The van der Waals surface area contributed by atoms with Crippen LogP contribution in [-0.4, -0.2) is 37.4 Å². The quantitative estimate of drug-likeness (QED) is 0.753. The summed E-state index contributed by atoms with van der Waals surface area (Å²) in [6.45, 7) is 3.74. The Labute approximate surface area is 165 Å². The number of alkyl halides is 3. The van der Waals surface area contributed by atoms with Crippen LogP contribution in [0.3, 0.4) is 0 Å². The molecule has 0 unspecified atom stereocenters. The number of hydrogen-bond acceptors (Lipinski definition) is 3. The van der Waals surface area contributed by atoms with E-state index >= 15 is 0 Å². The molecule has 3 rings (SSSR count). The molecule has 0 amide bonds. The lowest BCUT2D eigenvalue weighted by molar-refractivity contribution is -0.274. The van der Waals surface area contributed by atoms with E-state index in [0.29, 0.717) is 5.92 Å². The molecule has 1 saturated heterocycles. The van der Waals surface area contributed by atoms with Gasteiger partial charge in [0, 0.05) is 32.2 Å². The van der Waals surface area contributed by atoms with Crippen LogP contribution < -0.4 is 10.1 Å². The Balaban J connectivity index is 0.00000169. The minimum absolute atomic E-state index is 0. The van der Waals surface area contributed by atoms with Gasteiger partial charge in [-0.1, -0.05) is 31.4 Å². The first-order valence-corrected chi connectivity index (χ1v) is 8.83. The number of piperazine rings is 1. The zero-order valence-electron chi connectivity index (χ0n) is 14.6. The maximum Gasteiger partial charge on any atom is 0.573 e. The van der Waals surface area contributed by atoms with Gasteiger partial charge in [0.05, 0.1) is 0 Å². The predicted octanol–water partition coefficient (Wildman–Crippen LogP) is 4.96. The van der Waals surface area contributed by atoms with Crippen LogP contribution in [0.4, 0.5) is 13.2 Å². The molecule has 1 aromatic rings. The summed E-state index contributed by atoms with van der Waals surface area (Å²) in [6, 6.07) is 6.77. The largest absolute Gasteiger partial charge is 0.573 e. The van der Waals surface area contributed by atoms with Crippen molar-refractivity contribution in [1.82, 2.24) is 10.2 Å². The normalized spacial score (nSPS) is 20.6. The van der Waals surface area contributed by atoms with Gasteiger partial charge >= 0.3 is 6.36 Å². The van der Waals surface area contributed by atoms with Crippen molar-refractivity contribution in [2.45, 2.75) is 44.5 Å². The molecule has 0 bridgehead atoms. The summed E-state index contributed by atoms with van der Waals surface area (Å²) in [5.74, 6) is 0.397. The third-order valence-corrected chi connectivity index (χ3v) is 5.07. The van der Waals surface area contributed by atoms with Crippen LogP contribution in [-0.2, 0) is 0 Å². The van der Waals surface area contributed by atoms with Crippen LogP contribution in [0.25, 0.3) is 0 Å². The standard InChI is InChI=1S/C18H25F3N2O.2ClH/c19-18(20,21)24-16-8-4-7-15(13-16)17(14-5-2-1-3-6-14)23-11-9-22-10-12-23;;/h4,7-8,13-14,17,22H,1-3,5-6,9-12H2;2*1H/t17-;;/m0../s1. The van der Waals surface area contributed by atoms with E-state index in [9.17, 15) is 13.2 Å². The van der Waals surface area contributed by atoms with Gasteiger partial charge in [-0.2, -0.15) is 0 Å². The number of rotatable bonds is 4. The SMILES string of the molecule is Cl.Cl.FC(F)(F)Oc1cccc([C@H](C2CCCCC2)N2CCNCC2)c1. The first kappa shape index (κ1) is 23.3. The molecule has 2 aliphatic rings. The molecule has 8 heteroatoms. The molecular weight excluding hydrogens is 388 g/mol. The van der Waals surface area contributed by atoms with Crippen molar-refractivity contribution in [2.24, 2.45) is 5.92 Å². The van der Waals surface area contributed by atoms with Gasteiger partial charge < -0.3 is 10.1 Å². The molecule has 0 aromatic heterocycles. The van der Waals surface area contributed by atoms with E-state index in [1.807, 2.05) is 6.07 Å². The monoisotopic (exact) mass is 414 g/mol. The summed E-state index contributed by atoms with van der Waals surface area (Å²) < 4.78 is 41.8. The van der Waals surface area contributed by atoms with Gasteiger partial charge in [-0.05, 0) is 36.5 Å². The second-order valence-corrected chi connectivity index (χ2v) is 6.75. The Hall–Kier alpha value is -0.690. The van der Waals surface area contributed by atoms with Crippen LogP contribution in [0.1, 0.15) is 43.7 Å². The Morgan fingerprint density at radius 1 is 1.04 bits per heavy atom. The maximum atomic E-state index is 12.5. The van der Waals surface area contributed by atoms with Crippen molar-refractivity contribution in [3.63, 3.8) is 0 Å². The zero-order chi connectivity index (χ0) is 17.0. The van der Waals surface area contributed by atoms with E-state index in [1.165, 1.54) is 25.3 Å². The van der Waals surface area contributed by atoms with Gasteiger partial charge in [0.25, 0.3) is 0 Å². The summed E-state index contributed by atoms with van der Waals surface area (Å²) in [6.07, 6.45) is 1.35. The average Bonchev–Trinajstić information content (AvgIpc) is 2.56. The summed E-state index contributed by atoms with van der Waals surface area (Å²) in [5.41, 5.74) is 0.950. The van der Waals surface area contributed by atoms with E-state index in [-0.39, 0.29) is 36.6 Å². The average molecular weight is 415 g/mol. The highest BCUT2D eigenvalue weighted by atomic mass is 35.5. The molecule has 1 heterocycles. The Bertz CT molecular complexity index is 515. The number of nitrogens with one attached hydrogen (secondary N) is 1. The highest BCUT2D eigenvalue weighted by molar-refractivity contribution is 5.85. The van der Waals surface area contributed by atoms with Gasteiger partial charge in [-0.15, -0.1) is 38.0 Å². The molecular formula is C18H27Cl2F3N2O. The molecule has 1 aromatic carbocycles. The summed E-state index contributed by atoms with van der Waals surface area (Å²) >= 11 is 0. The topological polar surface area (TPSA) is 24.5 Å². The lowest BCUT2D eigenvalue weighted by Gasteiger charge is -2.41. The van der Waals surface area contributed by atoms with Crippen LogP contribution >= 0.6 is 24.8 Å². The van der Waals surface area contributed by atoms with Crippen molar-refractivity contribution in [3.8, 4) is 5.75 Å². The summed E-state index contributed by atoms with van der Waals surface area (Å²) in [4.78, 5) is 2.43. The number of halogens is 5. The summed E-state index contributed by atoms with van der Waals surface area (Å²) in [7, 11) is 0. The lowest BCUT2D eigenvalue weighted by Crippen LogP contribution is -2.47. The third-order valence-electron chi connectivity index (χ3n) is 5.07. The fourth-order valence-electron chi connectivity index (χ4n) is 4.09. The van der Waals surface area contributed by atoms with E-state index in [0.717, 1.165) is 44.6 Å². The second-order valence-electron chi connectivity index (χ2n) is 6.75. The predicted molar refractivity (Wildman–Crippen MR) is 101 cm³/mol. The molecule has 1 aliphatic heterocycles. The smallest absolute Gasteiger partial charge is 0.406 e. The van der Waals surface area contributed by atoms with E-state index in [1.54, 1.807) is 12.1 Å². The first-order chi connectivity index (χ1) is 11.5. The number of ether oxygens (including phenoxy) is 1. The Morgan fingerprint density at radius 3 is 2.31 bits per heavy atom. The van der Waals surface area contributed by atoms with Crippen LogP contribution in [0.15, 0.2) is 24.3 Å². The molecule has 150 valence electrons. The molecule has 0 radical (unpaired) electrons. The van der Waals surface area contributed by atoms with Gasteiger partial charge in [0.2, 0.25) is 0 Å². The number of hydrogen-bond donors (Lipinski definition) is 1. The molecule has 1 atom stereocenters. The van der Waals surface area contributed by atoms with Crippen LogP contribution in [0.5, 0.6) is 5.75 Å². The van der Waals surface area contributed by atoms with Gasteiger partial charge in [-0.3, -0.25) is 4.90 Å². The molecule has 1 aliphatic carbocycles. The van der Waals surface area contributed by atoms with Gasteiger partial charge in [-0.25, -0.2) is 0 Å². The van der Waals surface area contributed by atoms with Crippen LogP contribution in [0.2, 0.25) is 0 Å². The highest BCUT2D eigenvalue weighted by Crippen LogP contribution is 2.39. The minimum atomic E-state index is -4.64. The first-order valence-electron chi connectivity index (χ1n) is 8.83. The fraction of sp³-hybridized carbons (Fsp3) is 0.667. The highest BCUT2D eigenvalue weighted by Gasteiger charge is 2.33. The van der Waals surface area contributed by atoms with E-state index < -0.39 is 6.36 Å². The number of nitrogens with zero attached hydrogens (tertiary/aromatic N) is 1. The molecule has 2 fully saturated rings. The molecule has 3 nitrogen and oxygen atoms in total. The van der Waals surface area contributed by atoms with Crippen LogP contribution in [0, 0.1) is 5.92 Å². The second kappa shape index (κ2) is 10.6. The van der Waals surface area contributed by atoms with E-state index in [2.05, 4.69) is 15.0 Å². The zero-order valence-corrected chi connectivity index (χ0v) is 16.3. The van der Waals surface area contributed by atoms with Gasteiger partial charge in [0.1, 0.15) is 5.75 Å². The maximum absolute atomic E-state index is 12.5. The fourth-order valence-corrected chi connectivity index (χ4v) is 4.09. The molecule has 26 heavy (non-hydrogen) atoms. The summed E-state index contributed by atoms with van der Waals surface area (Å²) in [5, 5.41) is 3.35. The van der Waals surface area contributed by atoms with Gasteiger partial charge in [0.15, 0.2) is 0 Å². The molecule has 0 spiro atoms. The van der Waals surface area contributed by atoms with Crippen molar-refractivity contribution in [1.29, 1.82) is 0 Å². The third kappa shape index (κ3) is 6.48. The van der Waals surface area contributed by atoms with E-state index in [4.69, 9.17) is 0 Å². The van der Waals surface area contributed by atoms with Crippen molar-refractivity contribution >= 4 is 24.8 Å². The molecule has 1 saturated carbocycles. The Kier molecular flexibility index (Phi) is 9.51. The van der Waals surface area contributed by atoms with Crippen molar-refractivity contribution < 1.29 is 17.9 Å². The molecule has 1 N–H and O–H groups in total.